The summed E-state index contributed by atoms with van der Waals surface area (Å²) < 4.78 is 16.3. The zero-order valence-corrected chi connectivity index (χ0v) is 17.6. The van der Waals surface area contributed by atoms with Gasteiger partial charge in [0.05, 0.1) is 38.6 Å². The highest BCUT2D eigenvalue weighted by molar-refractivity contribution is 7.09. The fraction of sp³-hybridized carbons (Fsp3) is 0.474. The predicted molar refractivity (Wildman–Crippen MR) is 109 cm³/mol. The third-order valence-corrected chi connectivity index (χ3v) is 4.92. The van der Waals surface area contributed by atoms with E-state index in [-0.39, 0.29) is 0 Å². The molecule has 0 aliphatic heterocycles. The molecular weight excluding hydrogens is 364 g/mol. The zero-order chi connectivity index (χ0) is 19.8. The van der Waals surface area contributed by atoms with Gasteiger partial charge in [-0.3, -0.25) is 4.99 Å². The number of nitrogens with zero attached hydrogens (tertiary/aromatic N) is 3. The summed E-state index contributed by atoms with van der Waals surface area (Å²) in [4.78, 5) is 10.9. The van der Waals surface area contributed by atoms with Crippen LogP contribution >= 0.6 is 11.3 Å². The summed E-state index contributed by atoms with van der Waals surface area (Å²) in [6.07, 6.45) is 0.756. The first-order valence-electron chi connectivity index (χ1n) is 8.64. The summed E-state index contributed by atoms with van der Waals surface area (Å²) in [5, 5.41) is 6.53. The van der Waals surface area contributed by atoms with Crippen molar-refractivity contribution in [1.82, 2.24) is 15.2 Å². The largest absolute Gasteiger partial charge is 0.493 e. The molecule has 0 aliphatic carbocycles. The summed E-state index contributed by atoms with van der Waals surface area (Å²) in [5.41, 5.74) is 2.08. The molecule has 2 aromatic rings. The van der Waals surface area contributed by atoms with Crippen LogP contribution in [0.5, 0.6) is 17.2 Å². The molecule has 2 rings (SSSR count). The van der Waals surface area contributed by atoms with Crippen molar-refractivity contribution in [3.63, 3.8) is 0 Å². The van der Waals surface area contributed by atoms with Crippen LogP contribution in [0.1, 0.15) is 16.3 Å². The first kappa shape index (κ1) is 20.8. The van der Waals surface area contributed by atoms with Crippen LogP contribution in [0.15, 0.2) is 22.5 Å². The van der Waals surface area contributed by atoms with E-state index in [0.29, 0.717) is 30.3 Å². The van der Waals surface area contributed by atoms with Crippen LogP contribution < -0.4 is 19.5 Å². The van der Waals surface area contributed by atoms with E-state index in [0.717, 1.165) is 28.6 Å². The maximum absolute atomic E-state index is 5.54. The molecule has 1 aromatic carbocycles. The Bertz CT molecular complexity index is 776. The summed E-state index contributed by atoms with van der Waals surface area (Å²) in [5.74, 6) is 2.78. The van der Waals surface area contributed by atoms with Crippen LogP contribution in [0, 0.1) is 6.92 Å². The van der Waals surface area contributed by atoms with E-state index in [1.807, 2.05) is 26.1 Å². The summed E-state index contributed by atoms with van der Waals surface area (Å²) >= 11 is 1.66. The lowest BCUT2D eigenvalue weighted by molar-refractivity contribution is 0.322. The molecule has 0 spiro atoms. The van der Waals surface area contributed by atoms with Crippen molar-refractivity contribution in [3.8, 4) is 17.2 Å². The molecule has 0 atom stereocenters. The van der Waals surface area contributed by atoms with E-state index >= 15 is 0 Å². The minimum Gasteiger partial charge on any atom is -0.493 e. The lowest BCUT2D eigenvalue weighted by Crippen LogP contribution is -2.39. The van der Waals surface area contributed by atoms with Crippen LogP contribution in [0.4, 0.5) is 0 Å². The zero-order valence-electron chi connectivity index (χ0n) is 16.8. The second kappa shape index (κ2) is 10.0. The van der Waals surface area contributed by atoms with Gasteiger partial charge in [0.2, 0.25) is 5.75 Å². The van der Waals surface area contributed by atoms with Crippen molar-refractivity contribution < 1.29 is 14.2 Å². The van der Waals surface area contributed by atoms with Gasteiger partial charge in [0.15, 0.2) is 17.5 Å². The molecule has 0 radical (unpaired) electrons. The molecule has 27 heavy (non-hydrogen) atoms. The molecule has 0 saturated heterocycles. The number of aryl methyl sites for hydroxylation is 1. The lowest BCUT2D eigenvalue weighted by Gasteiger charge is -2.21. The molecular formula is C19H28N4O3S. The number of nitrogens with one attached hydrogen (secondary N) is 1. The van der Waals surface area contributed by atoms with Gasteiger partial charge in [-0.2, -0.15) is 0 Å². The Labute approximate surface area is 165 Å². The first-order valence-corrected chi connectivity index (χ1v) is 9.52. The average Bonchev–Trinajstić information content (AvgIpc) is 3.08. The second-order valence-corrected chi connectivity index (χ2v) is 6.99. The maximum atomic E-state index is 5.54. The van der Waals surface area contributed by atoms with Crippen molar-refractivity contribution in [3.05, 3.63) is 33.8 Å². The van der Waals surface area contributed by atoms with Crippen LogP contribution in [-0.4, -0.2) is 57.8 Å². The second-order valence-electron chi connectivity index (χ2n) is 5.93. The quantitative estimate of drug-likeness (QED) is 0.550. The number of benzene rings is 1. The Morgan fingerprint density at radius 2 is 1.93 bits per heavy atom. The van der Waals surface area contributed by atoms with Gasteiger partial charge in [-0.15, -0.1) is 11.3 Å². The van der Waals surface area contributed by atoms with Crippen LogP contribution in [0.2, 0.25) is 0 Å². The van der Waals surface area contributed by atoms with E-state index < -0.39 is 0 Å². The minimum absolute atomic E-state index is 0.609. The number of rotatable bonds is 8. The number of aromatic nitrogens is 1. The normalized spacial score (nSPS) is 11.3. The topological polar surface area (TPSA) is 68.2 Å². The molecule has 1 aromatic heterocycles. The highest BCUT2D eigenvalue weighted by Crippen LogP contribution is 2.39. The van der Waals surface area contributed by atoms with Gasteiger partial charge in [0.1, 0.15) is 0 Å². The summed E-state index contributed by atoms with van der Waals surface area (Å²) in [6, 6.07) is 3.88. The number of thiazole rings is 1. The molecule has 148 valence electrons. The minimum atomic E-state index is 0.609. The fourth-order valence-electron chi connectivity index (χ4n) is 2.85. The van der Waals surface area contributed by atoms with Crippen molar-refractivity contribution in [2.24, 2.45) is 4.99 Å². The summed E-state index contributed by atoms with van der Waals surface area (Å²) in [7, 11) is 8.64. The number of aliphatic imine (C=N–C) groups is 1. The van der Waals surface area contributed by atoms with Crippen molar-refractivity contribution in [2.45, 2.75) is 19.9 Å². The monoisotopic (exact) mass is 392 g/mol. The van der Waals surface area contributed by atoms with Crippen LogP contribution in [0.3, 0.4) is 0 Å². The third kappa shape index (κ3) is 5.26. The molecule has 8 heteroatoms. The summed E-state index contributed by atoms with van der Waals surface area (Å²) in [6.45, 7) is 3.43. The Morgan fingerprint density at radius 3 is 2.48 bits per heavy atom. The number of ether oxygens (including phenoxy) is 3. The highest BCUT2D eigenvalue weighted by atomic mass is 32.1. The molecule has 1 N–H and O–H groups in total. The maximum Gasteiger partial charge on any atom is 0.203 e. The van der Waals surface area contributed by atoms with E-state index in [1.165, 1.54) is 0 Å². The number of hydrogen-bond acceptors (Lipinski definition) is 6. The Balaban J connectivity index is 1.99. The van der Waals surface area contributed by atoms with Gasteiger partial charge in [0.25, 0.3) is 0 Å². The average molecular weight is 393 g/mol. The Kier molecular flexibility index (Phi) is 7.72. The first-order chi connectivity index (χ1) is 13.0. The molecule has 0 aliphatic rings. The number of hydrogen-bond donors (Lipinski definition) is 1. The fourth-order valence-corrected chi connectivity index (χ4v) is 3.46. The van der Waals surface area contributed by atoms with Gasteiger partial charge in [-0.25, -0.2) is 4.98 Å². The van der Waals surface area contributed by atoms with E-state index in [1.54, 1.807) is 39.7 Å². The van der Waals surface area contributed by atoms with Gasteiger partial charge in [-0.05, 0) is 19.4 Å². The van der Waals surface area contributed by atoms with E-state index in [2.05, 4.69) is 25.6 Å². The van der Waals surface area contributed by atoms with Gasteiger partial charge < -0.3 is 24.4 Å². The molecule has 0 amide bonds. The number of methoxy groups -OCH3 is 3. The van der Waals surface area contributed by atoms with Crippen molar-refractivity contribution in [1.29, 1.82) is 0 Å². The SMILES string of the molecule is CN=C(NCCc1ccc(OC)c(OC)c1OC)N(C)Cc1csc(C)n1. The van der Waals surface area contributed by atoms with Crippen LogP contribution in [-0.2, 0) is 13.0 Å². The van der Waals surface area contributed by atoms with Gasteiger partial charge in [-0.1, -0.05) is 6.07 Å². The smallest absolute Gasteiger partial charge is 0.203 e. The molecule has 7 nitrogen and oxygen atoms in total. The molecule has 1 heterocycles. The molecule has 0 unspecified atom stereocenters. The van der Waals surface area contributed by atoms with Gasteiger partial charge in [0, 0.05) is 31.6 Å². The van der Waals surface area contributed by atoms with Crippen LogP contribution in [0.25, 0.3) is 0 Å². The third-order valence-electron chi connectivity index (χ3n) is 4.10. The molecule has 0 fully saturated rings. The van der Waals surface area contributed by atoms with E-state index in [4.69, 9.17) is 14.2 Å². The molecule has 0 bridgehead atoms. The predicted octanol–water partition coefficient (Wildman–Crippen LogP) is 2.73. The Hall–Kier alpha value is -2.48. The van der Waals surface area contributed by atoms with Crippen molar-refractivity contribution in [2.75, 3.05) is 42.0 Å². The number of guanidine groups is 1. The standard InChI is InChI=1S/C19H28N4O3S/c1-13-22-15(12-27-13)11-23(3)19(20-2)21-10-9-14-7-8-16(24-4)18(26-6)17(14)25-5/h7-8,12H,9-11H2,1-6H3,(H,20,21). The highest BCUT2D eigenvalue weighted by Gasteiger charge is 2.16. The Morgan fingerprint density at radius 1 is 1.19 bits per heavy atom. The molecule has 0 saturated carbocycles. The van der Waals surface area contributed by atoms with Crippen molar-refractivity contribution >= 4 is 17.3 Å². The van der Waals surface area contributed by atoms with Gasteiger partial charge >= 0.3 is 0 Å². The lowest BCUT2D eigenvalue weighted by atomic mass is 10.1. The van der Waals surface area contributed by atoms with E-state index in [9.17, 15) is 0 Å².